The number of sulfonamides is 1. The minimum Gasteiger partial charge on any atom is -0.497 e. The van der Waals surface area contributed by atoms with Gasteiger partial charge >= 0.3 is 0 Å². The molecule has 0 unspecified atom stereocenters. The van der Waals surface area contributed by atoms with Crippen molar-refractivity contribution >= 4 is 27.7 Å². The molecule has 0 atom stereocenters. The largest absolute Gasteiger partial charge is 0.497 e. The molecule has 1 heterocycles. The monoisotopic (exact) mass is 416 g/mol. The van der Waals surface area contributed by atoms with E-state index in [0.29, 0.717) is 37.6 Å². The number of carbonyl (C=O) groups is 1. The third-order valence-electron chi connectivity index (χ3n) is 4.59. The number of nitrogens with one attached hydrogen (secondary N) is 1. The first kappa shape index (κ1) is 21.0. The van der Waals surface area contributed by atoms with Crippen molar-refractivity contribution in [1.82, 2.24) is 4.31 Å². The Morgan fingerprint density at radius 3 is 2.48 bits per heavy atom. The minimum absolute atomic E-state index is 0.191. The molecule has 0 aliphatic carbocycles. The number of ether oxygens (including phenoxy) is 2. The van der Waals surface area contributed by atoms with Crippen LogP contribution < -0.4 is 10.1 Å². The quantitative estimate of drug-likeness (QED) is 0.732. The molecule has 2 aromatic rings. The van der Waals surface area contributed by atoms with Gasteiger partial charge in [-0.1, -0.05) is 18.2 Å². The summed E-state index contributed by atoms with van der Waals surface area (Å²) in [6, 6.07) is 12.2. The van der Waals surface area contributed by atoms with Gasteiger partial charge in [-0.15, -0.1) is 0 Å². The van der Waals surface area contributed by atoms with Gasteiger partial charge in [0.2, 0.25) is 15.9 Å². The van der Waals surface area contributed by atoms with Crippen LogP contribution in [0, 0.1) is 6.92 Å². The molecule has 1 N–H and O–H groups in total. The van der Waals surface area contributed by atoms with E-state index in [-0.39, 0.29) is 10.8 Å². The Bertz CT molecular complexity index is 994. The molecule has 0 aromatic heterocycles. The fraction of sp³-hybridized carbons (Fsp3) is 0.286. The molecular weight excluding hydrogens is 392 g/mol. The van der Waals surface area contributed by atoms with Crippen molar-refractivity contribution < 1.29 is 22.7 Å². The zero-order valence-electron chi connectivity index (χ0n) is 16.4. The van der Waals surface area contributed by atoms with Crippen LogP contribution in [-0.2, 0) is 19.6 Å². The normalized spacial score (nSPS) is 15.4. The van der Waals surface area contributed by atoms with Crippen LogP contribution in [0.5, 0.6) is 5.75 Å². The van der Waals surface area contributed by atoms with Crippen LogP contribution in [0.4, 0.5) is 5.69 Å². The SMILES string of the molecule is COc1ccc(/C=C/C(=O)Nc2ccc(C)c(S(=O)(=O)N3CCOCC3)c2)cc1. The summed E-state index contributed by atoms with van der Waals surface area (Å²) in [6.07, 6.45) is 3.08. The second-order valence-corrected chi connectivity index (χ2v) is 8.50. The maximum absolute atomic E-state index is 12.9. The number of carbonyl (C=O) groups excluding carboxylic acids is 1. The zero-order chi connectivity index (χ0) is 20.9. The predicted octanol–water partition coefficient (Wildman–Crippen LogP) is 2.68. The first-order valence-corrected chi connectivity index (χ1v) is 10.7. The van der Waals surface area contributed by atoms with Crippen LogP contribution in [0.1, 0.15) is 11.1 Å². The van der Waals surface area contributed by atoms with E-state index in [4.69, 9.17) is 9.47 Å². The molecule has 0 saturated carbocycles. The van der Waals surface area contributed by atoms with E-state index < -0.39 is 10.0 Å². The van der Waals surface area contributed by atoms with E-state index in [1.165, 1.54) is 16.4 Å². The molecule has 1 aliphatic heterocycles. The molecule has 29 heavy (non-hydrogen) atoms. The Hall–Kier alpha value is -2.68. The van der Waals surface area contributed by atoms with Crippen molar-refractivity contribution in [3.8, 4) is 5.75 Å². The molecule has 154 valence electrons. The number of hydrogen-bond acceptors (Lipinski definition) is 5. The van der Waals surface area contributed by atoms with Crippen LogP contribution in [0.2, 0.25) is 0 Å². The van der Waals surface area contributed by atoms with Gasteiger partial charge in [-0.05, 0) is 48.4 Å². The van der Waals surface area contributed by atoms with Gasteiger partial charge in [-0.2, -0.15) is 4.31 Å². The fourth-order valence-corrected chi connectivity index (χ4v) is 4.61. The van der Waals surface area contributed by atoms with Crippen molar-refractivity contribution in [3.63, 3.8) is 0 Å². The lowest BCUT2D eigenvalue weighted by Crippen LogP contribution is -2.40. The Morgan fingerprint density at radius 1 is 1.14 bits per heavy atom. The molecule has 2 aromatic carbocycles. The molecule has 0 radical (unpaired) electrons. The Balaban J connectivity index is 1.73. The van der Waals surface area contributed by atoms with Gasteiger partial charge in [0.25, 0.3) is 0 Å². The number of anilines is 1. The Morgan fingerprint density at radius 2 is 1.83 bits per heavy atom. The van der Waals surface area contributed by atoms with Gasteiger partial charge in [0.1, 0.15) is 5.75 Å². The van der Waals surface area contributed by atoms with Crippen molar-refractivity contribution in [1.29, 1.82) is 0 Å². The smallest absolute Gasteiger partial charge is 0.248 e. The van der Waals surface area contributed by atoms with Crippen molar-refractivity contribution in [2.45, 2.75) is 11.8 Å². The van der Waals surface area contributed by atoms with E-state index >= 15 is 0 Å². The van der Waals surface area contributed by atoms with Gasteiger partial charge in [0.15, 0.2) is 0 Å². The molecule has 7 nitrogen and oxygen atoms in total. The summed E-state index contributed by atoms with van der Waals surface area (Å²) in [4.78, 5) is 12.4. The van der Waals surface area contributed by atoms with Crippen LogP contribution >= 0.6 is 0 Å². The van der Waals surface area contributed by atoms with Gasteiger partial charge < -0.3 is 14.8 Å². The number of amides is 1. The highest BCUT2D eigenvalue weighted by atomic mass is 32.2. The summed E-state index contributed by atoms with van der Waals surface area (Å²) < 4.78 is 37.6. The molecular formula is C21H24N2O5S. The summed E-state index contributed by atoms with van der Waals surface area (Å²) in [6.45, 7) is 3.14. The third-order valence-corrected chi connectivity index (χ3v) is 6.63. The Labute approximate surface area is 171 Å². The highest BCUT2D eigenvalue weighted by Crippen LogP contribution is 2.24. The molecule has 1 aliphatic rings. The van der Waals surface area contributed by atoms with Crippen molar-refractivity contribution in [2.24, 2.45) is 0 Å². The number of aryl methyl sites for hydroxylation is 1. The number of rotatable bonds is 6. The average molecular weight is 416 g/mol. The van der Waals surface area contributed by atoms with Crippen molar-refractivity contribution in [2.75, 3.05) is 38.7 Å². The minimum atomic E-state index is -3.64. The topological polar surface area (TPSA) is 84.9 Å². The maximum Gasteiger partial charge on any atom is 0.248 e. The van der Waals surface area contributed by atoms with Crippen molar-refractivity contribution in [3.05, 3.63) is 59.7 Å². The average Bonchev–Trinajstić information content (AvgIpc) is 2.74. The number of hydrogen-bond donors (Lipinski definition) is 1. The molecule has 8 heteroatoms. The van der Waals surface area contributed by atoms with E-state index in [9.17, 15) is 13.2 Å². The van der Waals surface area contributed by atoms with Crippen LogP contribution in [-0.4, -0.2) is 52.0 Å². The molecule has 0 bridgehead atoms. The molecule has 3 rings (SSSR count). The fourth-order valence-electron chi connectivity index (χ4n) is 2.95. The first-order chi connectivity index (χ1) is 13.9. The van der Waals surface area contributed by atoms with Crippen LogP contribution in [0.25, 0.3) is 6.08 Å². The number of nitrogens with zero attached hydrogens (tertiary/aromatic N) is 1. The molecule has 0 spiro atoms. The molecule has 1 amide bonds. The second-order valence-electron chi connectivity index (χ2n) is 6.59. The van der Waals surface area contributed by atoms with Crippen LogP contribution in [0.3, 0.4) is 0 Å². The van der Waals surface area contributed by atoms with E-state index in [2.05, 4.69) is 5.32 Å². The van der Waals surface area contributed by atoms with E-state index in [1.54, 1.807) is 44.4 Å². The number of methoxy groups -OCH3 is 1. The summed E-state index contributed by atoms with van der Waals surface area (Å²) in [7, 11) is -2.05. The summed E-state index contributed by atoms with van der Waals surface area (Å²) in [5.41, 5.74) is 1.90. The standard InChI is InChI=1S/C21H24N2O5S/c1-16-3-7-18(15-20(16)29(25,26)23-11-13-28-14-12-23)22-21(24)10-6-17-4-8-19(27-2)9-5-17/h3-10,15H,11-14H2,1-2H3,(H,22,24)/b10-6+. The van der Waals surface area contributed by atoms with Crippen LogP contribution in [0.15, 0.2) is 53.4 Å². The van der Waals surface area contributed by atoms with Gasteiger partial charge in [-0.25, -0.2) is 8.42 Å². The van der Waals surface area contributed by atoms with E-state index in [0.717, 1.165) is 11.3 Å². The highest BCUT2D eigenvalue weighted by Gasteiger charge is 2.28. The maximum atomic E-state index is 12.9. The third kappa shape index (κ3) is 5.23. The highest BCUT2D eigenvalue weighted by molar-refractivity contribution is 7.89. The number of morpholine rings is 1. The molecule has 1 saturated heterocycles. The number of benzene rings is 2. The second kappa shape index (κ2) is 9.21. The summed E-state index contributed by atoms with van der Waals surface area (Å²) >= 11 is 0. The van der Waals surface area contributed by atoms with E-state index in [1.807, 2.05) is 12.1 Å². The lowest BCUT2D eigenvalue weighted by molar-refractivity contribution is -0.111. The zero-order valence-corrected chi connectivity index (χ0v) is 17.2. The first-order valence-electron chi connectivity index (χ1n) is 9.22. The Kier molecular flexibility index (Phi) is 6.68. The summed E-state index contributed by atoms with van der Waals surface area (Å²) in [5, 5.41) is 2.72. The predicted molar refractivity (Wildman–Crippen MR) is 111 cm³/mol. The van der Waals surface area contributed by atoms with Gasteiger partial charge in [0.05, 0.1) is 25.2 Å². The lowest BCUT2D eigenvalue weighted by atomic mass is 10.2. The summed E-state index contributed by atoms with van der Waals surface area (Å²) in [5.74, 6) is 0.389. The van der Waals surface area contributed by atoms with Gasteiger partial charge in [-0.3, -0.25) is 4.79 Å². The lowest BCUT2D eigenvalue weighted by Gasteiger charge is -2.26. The molecule has 1 fully saturated rings. The van der Waals surface area contributed by atoms with Gasteiger partial charge in [0, 0.05) is 24.9 Å².